The van der Waals surface area contributed by atoms with E-state index >= 15 is 0 Å². The van der Waals surface area contributed by atoms with Crippen LogP contribution in [0.1, 0.15) is 32.8 Å². The molecule has 3 rings (SSSR count). The summed E-state index contributed by atoms with van der Waals surface area (Å²) >= 11 is 1.88. The van der Waals surface area contributed by atoms with Gasteiger partial charge in [-0.25, -0.2) is 0 Å². The number of carbonyl (C=O) groups excluding carboxylic acids is 1. The van der Waals surface area contributed by atoms with E-state index < -0.39 is 0 Å². The number of aromatic amines is 1. The van der Waals surface area contributed by atoms with Crippen molar-refractivity contribution in [2.24, 2.45) is 0 Å². The van der Waals surface area contributed by atoms with Gasteiger partial charge in [-0.1, -0.05) is 45.0 Å². The number of benzene rings is 1. The smallest absolute Gasteiger partial charge is 0.249 e. The first-order chi connectivity index (χ1) is 11.9. The average molecular weight is 359 g/mol. The van der Waals surface area contributed by atoms with Gasteiger partial charge in [-0.3, -0.25) is 15.2 Å². The number of nitrogens with one attached hydrogen (secondary N) is 3. The Bertz CT molecular complexity index is 714. The number of nitrogens with zero attached hydrogens (tertiary/aromatic N) is 2. The van der Waals surface area contributed by atoms with Gasteiger partial charge in [0.25, 0.3) is 0 Å². The third-order valence-electron chi connectivity index (χ3n) is 4.19. The lowest BCUT2D eigenvalue weighted by Gasteiger charge is -2.22. The van der Waals surface area contributed by atoms with Gasteiger partial charge in [-0.05, 0) is 11.0 Å². The molecular weight excluding hydrogens is 334 g/mol. The summed E-state index contributed by atoms with van der Waals surface area (Å²) in [5.74, 6) is 2.99. The predicted molar refractivity (Wildman–Crippen MR) is 103 cm³/mol. The highest BCUT2D eigenvalue weighted by Gasteiger charge is 2.18. The molecule has 25 heavy (non-hydrogen) atoms. The number of carbonyl (C=O) groups is 1. The lowest BCUT2D eigenvalue weighted by Crippen LogP contribution is -2.40. The van der Waals surface area contributed by atoms with Crippen LogP contribution in [0.2, 0.25) is 0 Å². The second-order valence-electron chi connectivity index (χ2n) is 7.31. The Morgan fingerprint density at radius 3 is 2.72 bits per heavy atom. The van der Waals surface area contributed by atoms with Crippen molar-refractivity contribution in [2.75, 3.05) is 23.4 Å². The number of amides is 1. The van der Waals surface area contributed by atoms with E-state index in [-0.39, 0.29) is 17.4 Å². The number of H-pyrrole nitrogens is 1. The maximum absolute atomic E-state index is 12.1. The molecule has 0 bridgehead atoms. The van der Waals surface area contributed by atoms with E-state index in [1.807, 2.05) is 23.9 Å². The van der Waals surface area contributed by atoms with Crippen LogP contribution in [-0.4, -0.2) is 45.2 Å². The first-order valence-corrected chi connectivity index (χ1v) is 9.71. The molecule has 1 aromatic carbocycles. The minimum atomic E-state index is -0.0615. The molecule has 0 spiro atoms. The second-order valence-corrected chi connectivity index (χ2v) is 8.46. The molecule has 1 fully saturated rings. The Kier molecular flexibility index (Phi) is 5.44. The molecule has 7 heteroatoms. The third kappa shape index (κ3) is 4.83. The predicted octanol–water partition coefficient (Wildman–Crippen LogP) is 2.80. The van der Waals surface area contributed by atoms with Crippen LogP contribution in [0.4, 0.5) is 5.95 Å². The lowest BCUT2D eigenvalue weighted by atomic mass is 9.87. The molecule has 1 atom stereocenters. The third-order valence-corrected chi connectivity index (χ3v) is 5.32. The number of rotatable bonds is 4. The van der Waals surface area contributed by atoms with Crippen molar-refractivity contribution in [2.45, 2.75) is 38.6 Å². The molecule has 1 amide bonds. The first-order valence-electron chi connectivity index (χ1n) is 8.56. The van der Waals surface area contributed by atoms with Crippen molar-refractivity contribution in [1.29, 1.82) is 0 Å². The molecule has 0 aliphatic carbocycles. The molecule has 1 unspecified atom stereocenters. The molecule has 0 saturated carbocycles. The van der Waals surface area contributed by atoms with Gasteiger partial charge in [0.2, 0.25) is 11.9 Å². The molecule has 1 aromatic heterocycles. The maximum atomic E-state index is 12.1. The van der Waals surface area contributed by atoms with Crippen LogP contribution in [-0.2, 0) is 10.2 Å². The number of hydrogen-bond acceptors (Lipinski definition) is 5. The zero-order chi connectivity index (χ0) is 17.9. The minimum absolute atomic E-state index is 0.0615. The van der Waals surface area contributed by atoms with E-state index in [2.05, 4.69) is 58.7 Å². The summed E-state index contributed by atoms with van der Waals surface area (Å²) < 4.78 is 0. The second kappa shape index (κ2) is 7.58. The van der Waals surface area contributed by atoms with Gasteiger partial charge in [0.05, 0.1) is 0 Å². The van der Waals surface area contributed by atoms with Crippen LogP contribution in [0, 0.1) is 0 Å². The molecule has 1 aliphatic heterocycles. The quantitative estimate of drug-likeness (QED) is 0.782. The summed E-state index contributed by atoms with van der Waals surface area (Å²) in [7, 11) is 0. The Hall–Kier alpha value is -1.86. The van der Waals surface area contributed by atoms with E-state index in [0.717, 1.165) is 23.6 Å². The number of anilines is 1. The Morgan fingerprint density at radius 1 is 1.32 bits per heavy atom. The van der Waals surface area contributed by atoms with E-state index in [0.29, 0.717) is 18.2 Å². The Labute approximate surface area is 152 Å². The largest absolute Gasteiger partial charge is 0.312 e. The minimum Gasteiger partial charge on any atom is -0.312 e. The van der Waals surface area contributed by atoms with Crippen molar-refractivity contribution in [3.8, 4) is 11.4 Å². The van der Waals surface area contributed by atoms with Crippen molar-refractivity contribution >= 4 is 23.6 Å². The first kappa shape index (κ1) is 17.9. The molecular formula is C18H25N5OS. The van der Waals surface area contributed by atoms with Crippen LogP contribution in [0.25, 0.3) is 11.4 Å². The monoisotopic (exact) mass is 359 g/mol. The summed E-state index contributed by atoms with van der Waals surface area (Å²) in [6.45, 7) is 7.51. The number of hydrogen-bond donors (Lipinski definition) is 3. The lowest BCUT2D eigenvalue weighted by molar-refractivity contribution is -0.116. The van der Waals surface area contributed by atoms with Gasteiger partial charge < -0.3 is 5.32 Å². The number of aromatic nitrogens is 3. The average Bonchev–Trinajstić information content (AvgIpc) is 3.03. The van der Waals surface area contributed by atoms with Crippen molar-refractivity contribution in [3.63, 3.8) is 0 Å². The SMILES string of the molecule is CC(C)(C)c1ccc(-c2nc(NC(=O)CC3CSCCN3)n[nH]2)cc1. The number of thioether (sulfide) groups is 1. The van der Waals surface area contributed by atoms with Crippen molar-refractivity contribution in [3.05, 3.63) is 29.8 Å². The molecule has 2 aromatic rings. The fourth-order valence-corrected chi connectivity index (χ4v) is 3.67. The van der Waals surface area contributed by atoms with Gasteiger partial charge in [-0.15, -0.1) is 5.10 Å². The Morgan fingerprint density at radius 2 is 2.08 bits per heavy atom. The molecule has 1 aliphatic rings. The highest BCUT2D eigenvalue weighted by Crippen LogP contribution is 2.25. The molecule has 1 saturated heterocycles. The standard InChI is InChI=1S/C18H25N5OS/c1-18(2,3)13-6-4-12(5-7-13)16-21-17(23-22-16)20-15(24)10-14-11-25-9-8-19-14/h4-7,14,19H,8-11H2,1-3H3,(H2,20,21,22,23,24). The van der Waals surface area contributed by atoms with Crippen LogP contribution >= 0.6 is 11.8 Å². The van der Waals surface area contributed by atoms with Crippen LogP contribution in [0.5, 0.6) is 0 Å². The Balaban J connectivity index is 1.61. The molecule has 2 heterocycles. The molecule has 0 radical (unpaired) electrons. The van der Waals surface area contributed by atoms with Gasteiger partial charge >= 0.3 is 0 Å². The summed E-state index contributed by atoms with van der Waals surface area (Å²) in [6.07, 6.45) is 0.442. The summed E-state index contributed by atoms with van der Waals surface area (Å²) in [5.41, 5.74) is 2.33. The van der Waals surface area contributed by atoms with Gasteiger partial charge in [-0.2, -0.15) is 16.7 Å². The molecule has 3 N–H and O–H groups in total. The fraction of sp³-hybridized carbons (Fsp3) is 0.500. The highest BCUT2D eigenvalue weighted by molar-refractivity contribution is 7.99. The van der Waals surface area contributed by atoms with E-state index in [1.165, 1.54) is 5.56 Å². The summed E-state index contributed by atoms with van der Waals surface area (Å²) in [5, 5.41) is 13.1. The topological polar surface area (TPSA) is 82.7 Å². The zero-order valence-electron chi connectivity index (χ0n) is 14.9. The van der Waals surface area contributed by atoms with Crippen LogP contribution in [0.15, 0.2) is 24.3 Å². The maximum Gasteiger partial charge on any atom is 0.249 e. The van der Waals surface area contributed by atoms with E-state index in [4.69, 9.17) is 0 Å². The summed E-state index contributed by atoms with van der Waals surface area (Å²) in [6, 6.07) is 8.47. The highest BCUT2D eigenvalue weighted by atomic mass is 32.2. The van der Waals surface area contributed by atoms with Crippen LogP contribution < -0.4 is 10.6 Å². The summed E-state index contributed by atoms with van der Waals surface area (Å²) in [4.78, 5) is 16.5. The van der Waals surface area contributed by atoms with Crippen molar-refractivity contribution < 1.29 is 4.79 Å². The molecule has 134 valence electrons. The van der Waals surface area contributed by atoms with E-state index in [9.17, 15) is 4.79 Å². The fourth-order valence-electron chi connectivity index (χ4n) is 2.73. The van der Waals surface area contributed by atoms with Gasteiger partial charge in [0, 0.05) is 36.1 Å². The van der Waals surface area contributed by atoms with Gasteiger partial charge in [0.1, 0.15) is 0 Å². The zero-order valence-corrected chi connectivity index (χ0v) is 15.7. The van der Waals surface area contributed by atoms with Crippen LogP contribution in [0.3, 0.4) is 0 Å². The van der Waals surface area contributed by atoms with E-state index in [1.54, 1.807) is 0 Å². The molecule has 6 nitrogen and oxygen atoms in total. The normalized spacial score (nSPS) is 18.1. The van der Waals surface area contributed by atoms with Gasteiger partial charge in [0.15, 0.2) is 5.82 Å². The van der Waals surface area contributed by atoms with Crippen molar-refractivity contribution in [1.82, 2.24) is 20.5 Å².